The number of piperidine rings is 1. The summed E-state index contributed by atoms with van der Waals surface area (Å²) < 4.78 is 7.72. The zero-order chi connectivity index (χ0) is 22.3. The summed E-state index contributed by atoms with van der Waals surface area (Å²) in [4.78, 5) is 15.1. The van der Waals surface area contributed by atoms with Gasteiger partial charge in [0.2, 0.25) is 0 Å². The molecule has 1 saturated heterocycles. The summed E-state index contributed by atoms with van der Waals surface area (Å²) in [6.07, 6.45) is 5.38. The summed E-state index contributed by atoms with van der Waals surface area (Å²) in [7, 11) is 0. The van der Waals surface area contributed by atoms with Crippen LogP contribution >= 0.6 is 11.6 Å². The SMILES string of the molecule is C=CCOc1ccccc1CN1CCC(n2nccc2NC(=O)c2ccccc2Cl)CC1. The molecule has 2 heterocycles. The quantitative estimate of drug-likeness (QED) is 0.480. The van der Waals surface area contributed by atoms with E-state index in [0.717, 1.165) is 38.2 Å². The number of anilines is 1. The molecule has 0 radical (unpaired) electrons. The van der Waals surface area contributed by atoms with Gasteiger partial charge >= 0.3 is 0 Å². The molecule has 2 aromatic carbocycles. The zero-order valence-corrected chi connectivity index (χ0v) is 18.7. The fraction of sp³-hybridized carbons (Fsp3) is 0.280. The van der Waals surface area contributed by atoms with Crippen molar-refractivity contribution in [3.63, 3.8) is 0 Å². The number of carbonyl (C=O) groups is 1. The number of rotatable bonds is 8. The van der Waals surface area contributed by atoms with Crippen LogP contribution in [0.15, 0.2) is 73.4 Å². The predicted octanol–water partition coefficient (Wildman–Crippen LogP) is 5.19. The summed E-state index contributed by atoms with van der Waals surface area (Å²) in [5.74, 6) is 1.37. The van der Waals surface area contributed by atoms with E-state index in [9.17, 15) is 4.79 Å². The fourth-order valence-corrected chi connectivity index (χ4v) is 4.24. The Morgan fingerprint density at radius 1 is 1.16 bits per heavy atom. The first kappa shape index (κ1) is 22.1. The van der Waals surface area contributed by atoms with Gasteiger partial charge in [0.15, 0.2) is 0 Å². The van der Waals surface area contributed by atoms with Crippen LogP contribution in [0.4, 0.5) is 5.82 Å². The van der Waals surface area contributed by atoms with E-state index in [1.54, 1.807) is 36.5 Å². The molecule has 4 rings (SSSR count). The molecule has 6 nitrogen and oxygen atoms in total. The number of nitrogens with one attached hydrogen (secondary N) is 1. The monoisotopic (exact) mass is 450 g/mol. The lowest BCUT2D eigenvalue weighted by Gasteiger charge is -2.33. The molecule has 1 aliphatic rings. The van der Waals surface area contributed by atoms with Crippen molar-refractivity contribution < 1.29 is 9.53 Å². The number of halogens is 1. The van der Waals surface area contributed by atoms with E-state index in [0.29, 0.717) is 23.0 Å². The molecule has 32 heavy (non-hydrogen) atoms. The van der Waals surface area contributed by atoms with E-state index in [1.165, 1.54) is 5.56 Å². The highest BCUT2D eigenvalue weighted by molar-refractivity contribution is 6.34. The van der Waals surface area contributed by atoms with Gasteiger partial charge in [-0.1, -0.05) is 54.6 Å². The maximum absolute atomic E-state index is 12.7. The van der Waals surface area contributed by atoms with Crippen molar-refractivity contribution in [1.82, 2.24) is 14.7 Å². The van der Waals surface area contributed by atoms with Gasteiger partial charge in [0.05, 0.1) is 22.8 Å². The van der Waals surface area contributed by atoms with Crippen LogP contribution in [0.1, 0.15) is 34.8 Å². The average molecular weight is 451 g/mol. The Morgan fingerprint density at radius 3 is 2.69 bits per heavy atom. The minimum absolute atomic E-state index is 0.231. The van der Waals surface area contributed by atoms with Crippen LogP contribution in [-0.2, 0) is 6.54 Å². The van der Waals surface area contributed by atoms with Gasteiger partial charge in [0.25, 0.3) is 5.91 Å². The highest BCUT2D eigenvalue weighted by Gasteiger charge is 2.24. The molecule has 0 atom stereocenters. The maximum Gasteiger partial charge on any atom is 0.258 e. The molecular weight excluding hydrogens is 424 g/mol. The maximum atomic E-state index is 12.7. The number of carbonyl (C=O) groups excluding carboxylic acids is 1. The predicted molar refractivity (Wildman–Crippen MR) is 127 cm³/mol. The molecule has 1 fully saturated rings. The summed E-state index contributed by atoms with van der Waals surface area (Å²) in [6.45, 7) is 6.95. The summed E-state index contributed by atoms with van der Waals surface area (Å²) >= 11 is 6.17. The average Bonchev–Trinajstić information content (AvgIpc) is 3.27. The van der Waals surface area contributed by atoms with E-state index in [2.05, 4.69) is 28.0 Å². The van der Waals surface area contributed by atoms with Crippen molar-refractivity contribution in [3.05, 3.63) is 89.6 Å². The van der Waals surface area contributed by atoms with Gasteiger partial charge in [-0.25, -0.2) is 4.68 Å². The number of hydrogen-bond donors (Lipinski definition) is 1. The van der Waals surface area contributed by atoms with Crippen molar-refractivity contribution in [2.75, 3.05) is 25.0 Å². The van der Waals surface area contributed by atoms with Gasteiger partial charge in [0.1, 0.15) is 18.2 Å². The Hall–Kier alpha value is -3.09. The number of amides is 1. The Kier molecular flexibility index (Phi) is 7.24. The first-order valence-corrected chi connectivity index (χ1v) is 11.2. The van der Waals surface area contributed by atoms with Crippen molar-refractivity contribution in [3.8, 4) is 5.75 Å². The van der Waals surface area contributed by atoms with Gasteiger partial charge in [-0.05, 0) is 31.0 Å². The molecule has 1 amide bonds. The molecule has 0 saturated carbocycles. The number of ether oxygens (including phenoxy) is 1. The molecule has 166 valence electrons. The van der Waals surface area contributed by atoms with Gasteiger partial charge in [-0.2, -0.15) is 5.10 Å². The molecule has 0 aliphatic carbocycles. The smallest absolute Gasteiger partial charge is 0.258 e. The standard InChI is InChI=1S/C25H27ClN4O2/c1-2-17-32-23-10-6-3-7-19(23)18-29-15-12-20(13-16-29)30-24(11-14-27-30)28-25(31)21-8-4-5-9-22(21)26/h2-11,14,20H,1,12-13,15-18H2,(H,28,31). The number of para-hydroxylation sites is 1. The van der Waals surface area contributed by atoms with Crippen molar-refractivity contribution >= 4 is 23.3 Å². The fourth-order valence-electron chi connectivity index (χ4n) is 4.02. The minimum Gasteiger partial charge on any atom is -0.489 e. The molecule has 0 bridgehead atoms. The molecule has 1 aromatic heterocycles. The molecule has 1 aliphatic heterocycles. The number of aromatic nitrogens is 2. The Labute approximate surface area is 193 Å². The highest BCUT2D eigenvalue weighted by Crippen LogP contribution is 2.28. The van der Waals surface area contributed by atoms with E-state index < -0.39 is 0 Å². The molecule has 7 heteroatoms. The minimum atomic E-state index is -0.231. The van der Waals surface area contributed by atoms with Crippen LogP contribution in [0, 0.1) is 0 Å². The zero-order valence-electron chi connectivity index (χ0n) is 17.9. The van der Waals surface area contributed by atoms with E-state index in [-0.39, 0.29) is 11.9 Å². The lowest BCUT2D eigenvalue weighted by Crippen LogP contribution is -2.35. The van der Waals surface area contributed by atoms with Crippen LogP contribution < -0.4 is 10.1 Å². The highest BCUT2D eigenvalue weighted by atomic mass is 35.5. The molecule has 0 spiro atoms. The number of likely N-dealkylation sites (tertiary alicyclic amines) is 1. The summed E-state index contributed by atoms with van der Waals surface area (Å²) in [6, 6.07) is 17.2. The van der Waals surface area contributed by atoms with Crippen molar-refractivity contribution in [2.45, 2.75) is 25.4 Å². The van der Waals surface area contributed by atoms with Crippen LogP contribution in [0.3, 0.4) is 0 Å². The van der Waals surface area contributed by atoms with E-state index in [1.807, 2.05) is 28.9 Å². The third kappa shape index (κ3) is 5.21. The topological polar surface area (TPSA) is 59.4 Å². The van der Waals surface area contributed by atoms with Crippen LogP contribution in [0.5, 0.6) is 5.75 Å². The second kappa shape index (κ2) is 10.5. The number of hydrogen-bond acceptors (Lipinski definition) is 4. The van der Waals surface area contributed by atoms with Gasteiger partial charge in [-0.3, -0.25) is 9.69 Å². The van der Waals surface area contributed by atoms with Crippen molar-refractivity contribution in [1.29, 1.82) is 0 Å². The first-order chi connectivity index (χ1) is 15.7. The summed E-state index contributed by atoms with van der Waals surface area (Å²) in [5, 5.41) is 7.88. The van der Waals surface area contributed by atoms with Crippen LogP contribution in [0.2, 0.25) is 5.02 Å². The third-order valence-corrected chi connectivity index (χ3v) is 5.99. The van der Waals surface area contributed by atoms with Crippen LogP contribution in [0.25, 0.3) is 0 Å². The molecular formula is C25H27ClN4O2. The van der Waals surface area contributed by atoms with Gasteiger partial charge < -0.3 is 10.1 Å². The Bertz CT molecular complexity index is 1070. The second-order valence-electron chi connectivity index (χ2n) is 7.81. The van der Waals surface area contributed by atoms with Gasteiger partial charge in [0, 0.05) is 31.3 Å². The van der Waals surface area contributed by atoms with E-state index in [4.69, 9.17) is 16.3 Å². The lowest BCUT2D eigenvalue weighted by molar-refractivity contribution is 0.102. The van der Waals surface area contributed by atoms with Crippen LogP contribution in [-0.4, -0.2) is 40.3 Å². The normalized spacial score (nSPS) is 14.8. The second-order valence-corrected chi connectivity index (χ2v) is 8.22. The summed E-state index contributed by atoms with van der Waals surface area (Å²) in [5.41, 5.74) is 1.63. The number of nitrogens with zero attached hydrogens (tertiary/aromatic N) is 3. The van der Waals surface area contributed by atoms with Crippen molar-refractivity contribution in [2.24, 2.45) is 0 Å². The Morgan fingerprint density at radius 2 is 1.91 bits per heavy atom. The lowest BCUT2D eigenvalue weighted by atomic mass is 10.0. The largest absolute Gasteiger partial charge is 0.489 e. The van der Waals surface area contributed by atoms with Gasteiger partial charge in [-0.15, -0.1) is 0 Å². The van der Waals surface area contributed by atoms with E-state index >= 15 is 0 Å². The molecule has 1 N–H and O–H groups in total. The number of benzene rings is 2. The Balaban J connectivity index is 1.37. The molecule has 3 aromatic rings. The molecule has 0 unspecified atom stereocenters. The first-order valence-electron chi connectivity index (χ1n) is 10.8. The third-order valence-electron chi connectivity index (χ3n) is 5.66.